The van der Waals surface area contributed by atoms with Crippen LogP contribution in [-0.2, 0) is 9.57 Å². The summed E-state index contributed by atoms with van der Waals surface area (Å²) < 4.78 is 6.10. The Labute approximate surface area is 204 Å². The predicted octanol–water partition coefficient (Wildman–Crippen LogP) is 6.79. The fourth-order valence-corrected chi connectivity index (χ4v) is 5.03. The minimum atomic E-state index is -0.335. The van der Waals surface area contributed by atoms with Crippen molar-refractivity contribution >= 4 is 11.8 Å². The molecule has 2 aromatic rings. The third kappa shape index (κ3) is 5.11. The first-order chi connectivity index (χ1) is 16.1. The van der Waals surface area contributed by atoms with Crippen molar-refractivity contribution in [1.29, 1.82) is 0 Å². The van der Waals surface area contributed by atoms with E-state index < -0.39 is 0 Å². The van der Waals surface area contributed by atoms with Crippen LogP contribution >= 0.6 is 0 Å². The van der Waals surface area contributed by atoms with Gasteiger partial charge in [0.25, 0.3) is 0 Å². The summed E-state index contributed by atoms with van der Waals surface area (Å²) in [5.41, 5.74) is 1.65. The third-order valence-electron chi connectivity index (χ3n) is 7.93. The number of ether oxygens (including phenoxy) is 1. The van der Waals surface area contributed by atoms with Crippen molar-refractivity contribution in [3.63, 3.8) is 0 Å². The number of hydrogen-bond acceptors (Lipinski definition) is 5. The van der Waals surface area contributed by atoms with E-state index in [2.05, 4.69) is 39.7 Å². The molecule has 1 aliphatic heterocycles. The lowest BCUT2D eigenvalue weighted by Crippen LogP contribution is -2.68. The monoisotopic (exact) mass is 465 g/mol. The summed E-state index contributed by atoms with van der Waals surface area (Å²) in [6, 6.07) is 16.8. The Bertz CT molecular complexity index is 989. The zero-order valence-electron chi connectivity index (χ0n) is 21.6. The average Bonchev–Trinajstić information content (AvgIpc) is 2.85. The molecule has 34 heavy (non-hydrogen) atoms. The normalized spacial score (nSPS) is 28.3. The zero-order valence-corrected chi connectivity index (χ0v) is 21.6. The number of nitrogens with zero attached hydrogens (tertiary/aromatic N) is 1. The van der Waals surface area contributed by atoms with Gasteiger partial charge in [-0.05, 0) is 58.2 Å². The highest BCUT2D eigenvalue weighted by molar-refractivity contribution is 5.94. The molecule has 1 saturated heterocycles. The largest absolute Gasteiger partial charge is 0.458 e. The number of piperidine rings is 1. The summed E-state index contributed by atoms with van der Waals surface area (Å²) in [7, 11) is 0. The molecule has 5 heteroatoms. The van der Waals surface area contributed by atoms with Crippen molar-refractivity contribution in [2.45, 2.75) is 91.0 Å². The maximum absolute atomic E-state index is 12.9. The standard InChI is InChI=1S/C29H39NO4/c1-8-28(6)19-26(33-27(32)25-13-11-10-12-14-25)20(3)29(7,9-2)30(28)34-22(5)24-17-15-23(16-18-24)21(4)31/h10-18,20,22,26H,8-9,19H2,1-7H3. The van der Waals surface area contributed by atoms with Crippen LogP contribution in [0.5, 0.6) is 0 Å². The van der Waals surface area contributed by atoms with Gasteiger partial charge in [0.2, 0.25) is 0 Å². The Hall–Kier alpha value is -2.50. The average molecular weight is 466 g/mol. The molecular weight excluding hydrogens is 426 g/mol. The molecule has 0 N–H and O–H groups in total. The molecule has 0 aliphatic carbocycles. The highest BCUT2D eigenvalue weighted by Gasteiger charge is 2.55. The van der Waals surface area contributed by atoms with Crippen molar-refractivity contribution in [2.24, 2.45) is 5.92 Å². The molecule has 184 valence electrons. The highest BCUT2D eigenvalue weighted by atomic mass is 16.7. The predicted molar refractivity (Wildman–Crippen MR) is 135 cm³/mol. The van der Waals surface area contributed by atoms with Gasteiger partial charge < -0.3 is 4.74 Å². The van der Waals surface area contributed by atoms with Crippen LogP contribution in [0.4, 0.5) is 0 Å². The van der Waals surface area contributed by atoms with Crippen LogP contribution in [0.3, 0.4) is 0 Å². The number of Topliss-reactive ketones (excluding diaryl/α,β-unsaturated/α-hetero) is 1. The van der Waals surface area contributed by atoms with E-state index in [-0.39, 0.29) is 41.0 Å². The lowest BCUT2D eigenvalue weighted by atomic mass is 9.69. The molecule has 3 rings (SSSR count). The third-order valence-corrected chi connectivity index (χ3v) is 7.93. The Morgan fingerprint density at radius 3 is 2.15 bits per heavy atom. The minimum Gasteiger partial charge on any atom is -0.458 e. The second kappa shape index (κ2) is 10.4. The minimum absolute atomic E-state index is 0.0539. The van der Waals surface area contributed by atoms with Gasteiger partial charge in [-0.1, -0.05) is 63.2 Å². The van der Waals surface area contributed by atoms with Crippen molar-refractivity contribution in [2.75, 3.05) is 0 Å². The number of hydroxylamine groups is 2. The SMILES string of the molecule is CCC1(C)CC(OC(=O)c2ccccc2)C(C)C(C)(CC)N1OC(C)c1ccc(C(C)=O)cc1. The number of ketones is 1. The quantitative estimate of drug-likeness (QED) is 0.317. The summed E-state index contributed by atoms with van der Waals surface area (Å²) in [5.74, 6) is -0.155. The van der Waals surface area contributed by atoms with Crippen molar-refractivity contribution in [1.82, 2.24) is 5.06 Å². The van der Waals surface area contributed by atoms with Gasteiger partial charge in [0.05, 0.1) is 5.56 Å². The fraction of sp³-hybridized carbons (Fsp3) is 0.517. The molecule has 1 aliphatic rings. The number of hydrogen-bond donors (Lipinski definition) is 0. The van der Waals surface area contributed by atoms with Crippen molar-refractivity contribution in [3.05, 3.63) is 71.3 Å². The van der Waals surface area contributed by atoms with E-state index in [1.54, 1.807) is 19.1 Å². The van der Waals surface area contributed by atoms with Crippen LogP contribution < -0.4 is 0 Å². The van der Waals surface area contributed by atoms with Crippen LogP contribution in [0.2, 0.25) is 0 Å². The van der Waals surface area contributed by atoms with E-state index in [9.17, 15) is 9.59 Å². The number of carbonyl (C=O) groups excluding carboxylic acids is 2. The first-order valence-electron chi connectivity index (χ1n) is 12.4. The molecule has 0 amide bonds. The molecule has 0 saturated carbocycles. The number of esters is 1. The van der Waals surface area contributed by atoms with E-state index in [1.165, 1.54) is 0 Å². The van der Waals surface area contributed by atoms with Gasteiger partial charge in [-0.15, -0.1) is 0 Å². The van der Waals surface area contributed by atoms with Gasteiger partial charge in [0.15, 0.2) is 5.78 Å². The summed E-state index contributed by atoms with van der Waals surface area (Å²) in [6.07, 6.45) is 1.99. The molecule has 5 nitrogen and oxygen atoms in total. The van der Waals surface area contributed by atoms with Crippen LogP contribution in [-0.4, -0.2) is 34.0 Å². The molecule has 5 unspecified atom stereocenters. The second-order valence-corrected chi connectivity index (χ2v) is 10.1. The first-order valence-corrected chi connectivity index (χ1v) is 12.4. The molecule has 0 radical (unpaired) electrons. The number of benzene rings is 2. The van der Waals surface area contributed by atoms with E-state index in [1.807, 2.05) is 49.4 Å². The smallest absolute Gasteiger partial charge is 0.338 e. The van der Waals surface area contributed by atoms with E-state index in [0.29, 0.717) is 17.5 Å². The van der Waals surface area contributed by atoms with E-state index in [4.69, 9.17) is 9.57 Å². The Morgan fingerprint density at radius 1 is 1.00 bits per heavy atom. The lowest BCUT2D eigenvalue weighted by Gasteiger charge is -2.59. The Kier molecular flexibility index (Phi) is 7.99. The summed E-state index contributed by atoms with van der Waals surface area (Å²) in [6.45, 7) is 14.5. The molecular formula is C29H39NO4. The molecule has 1 heterocycles. The summed E-state index contributed by atoms with van der Waals surface area (Å²) >= 11 is 0. The fourth-order valence-electron chi connectivity index (χ4n) is 5.03. The molecule has 0 bridgehead atoms. The molecule has 0 spiro atoms. The van der Waals surface area contributed by atoms with Gasteiger partial charge in [-0.3, -0.25) is 9.63 Å². The first kappa shape index (κ1) is 26.1. The maximum atomic E-state index is 12.9. The molecule has 2 aromatic carbocycles. The van der Waals surface area contributed by atoms with E-state index >= 15 is 0 Å². The molecule has 1 fully saturated rings. The topological polar surface area (TPSA) is 55.8 Å². The van der Waals surface area contributed by atoms with Crippen LogP contribution in [0, 0.1) is 5.92 Å². The summed E-state index contributed by atoms with van der Waals surface area (Å²) in [4.78, 5) is 31.2. The van der Waals surface area contributed by atoms with Crippen molar-refractivity contribution < 1.29 is 19.2 Å². The second-order valence-electron chi connectivity index (χ2n) is 10.1. The van der Waals surface area contributed by atoms with Gasteiger partial charge >= 0.3 is 5.97 Å². The van der Waals surface area contributed by atoms with Gasteiger partial charge in [-0.2, -0.15) is 5.06 Å². The van der Waals surface area contributed by atoms with Crippen LogP contribution in [0.25, 0.3) is 0 Å². The highest BCUT2D eigenvalue weighted by Crippen LogP contribution is 2.48. The van der Waals surface area contributed by atoms with Gasteiger partial charge in [0, 0.05) is 29.0 Å². The Morgan fingerprint density at radius 2 is 1.62 bits per heavy atom. The maximum Gasteiger partial charge on any atom is 0.338 e. The number of rotatable bonds is 8. The van der Waals surface area contributed by atoms with Crippen molar-refractivity contribution in [3.8, 4) is 0 Å². The molecule has 0 aromatic heterocycles. The molecule has 5 atom stereocenters. The Balaban J connectivity index is 1.86. The van der Waals surface area contributed by atoms with Gasteiger partial charge in [-0.25, -0.2) is 4.79 Å². The zero-order chi connectivity index (χ0) is 25.1. The summed E-state index contributed by atoms with van der Waals surface area (Å²) in [5, 5.41) is 2.18. The lowest BCUT2D eigenvalue weighted by molar-refractivity contribution is -0.335. The van der Waals surface area contributed by atoms with Crippen LogP contribution in [0.1, 0.15) is 100 Å². The van der Waals surface area contributed by atoms with Gasteiger partial charge in [0.1, 0.15) is 12.2 Å². The number of carbonyl (C=O) groups is 2. The van der Waals surface area contributed by atoms with E-state index in [0.717, 1.165) is 18.4 Å². The van der Waals surface area contributed by atoms with Crippen LogP contribution in [0.15, 0.2) is 54.6 Å².